The first-order valence-corrected chi connectivity index (χ1v) is 16.2. The molecular weight excluding hydrogens is 529 g/mol. The first kappa shape index (κ1) is 31.0. The average molecular weight is 580 g/mol. The van der Waals surface area contributed by atoms with Gasteiger partial charge in [-0.15, -0.1) is 0 Å². The Morgan fingerprint density at radius 2 is 1.76 bits per heavy atom. The molecule has 0 unspecified atom stereocenters. The third kappa shape index (κ3) is 6.26. The maximum atomic E-state index is 15.7. The van der Waals surface area contributed by atoms with Crippen LogP contribution in [0.3, 0.4) is 0 Å². The van der Waals surface area contributed by atoms with Crippen LogP contribution in [0.5, 0.6) is 5.75 Å². The van der Waals surface area contributed by atoms with Gasteiger partial charge in [0.15, 0.2) is 17.7 Å². The minimum absolute atomic E-state index is 0.265. The van der Waals surface area contributed by atoms with Crippen LogP contribution in [0.1, 0.15) is 111 Å². The number of esters is 1. The lowest BCUT2D eigenvalue weighted by molar-refractivity contribution is -0.166. The van der Waals surface area contributed by atoms with Crippen LogP contribution in [0.15, 0.2) is 6.07 Å². The fourth-order valence-electron chi connectivity index (χ4n) is 7.56. The second kappa shape index (κ2) is 12.7. The summed E-state index contributed by atoms with van der Waals surface area (Å²) < 4.78 is 33.7. The number of ether oxygens (including phenoxy) is 3. The molecule has 0 amide bonds. The van der Waals surface area contributed by atoms with Crippen molar-refractivity contribution in [2.75, 3.05) is 26.3 Å². The number of nitrogens with zero attached hydrogens (tertiary/aromatic N) is 1. The van der Waals surface area contributed by atoms with Crippen LogP contribution >= 0.6 is 0 Å². The van der Waals surface area contributed by atoms with Gasteiger partial charge in [-0.3, -0.25) is 4.90 Å². The van der Waals surface area contributed by atoms with E-state index in [9.17, 15) is 4.79 Å². The van der Waals surface area contributed by atoms with Crippen LogP contribution < -0.4 is 4.74 Å². The summed E-state index contributed by atoms with van der Waals surface area (Å²) in [5, 5.41) is 0. The lowest BCUT2D eigenvalue weighted by Gasteiger charge is -2.37. The van der Waals surface area contributed by atoms with Crippen LogP contribution in [0.25, 0.3) is 11.1 Å². The number of hydrogen-bond acceptors (Lipinski definition) is 5. The van der Waals surface area contributed by atoms with Gasteiger partial charge in [-0.1, -0.05) is 19.3 Å². The van der Waals surface area contributed by atoms with E-state index in [4.69, 9.17) is 14.2 Å². The Kier molecular flexibility index (Phi) is 9.34. The molecule has 1 saturated carbocycles. The number of fused-ring (bicyclic) bond motifs is 2. The molecule has 0 aromatic heterocycles. The summed E-state index contributed by atoms with van der Waals surface area (Å²) in [6.45, 7) is 17.9. The molecule has 0 bridgehead atoms. The van der Waals surface area contributed by atoms with E-state index in [1.54, 1.807) is 6.07 Å². The van der Waals surface area contributed by atoms with Crippen LogP contribution in [-0.2, 0) is 33.7 Å². The Morgan fingerprint density at radius 3 is 2.45 bits per heavy atom. The van der Waals surface area contributed by atoms with Crippen molar-refractivity contribution in [3.8, 4) is 16.9 Å². The van der Waals surface area contributed by atoms with E-state index in [1.165, 1.54) is 43.2 Å². The van der Waals surface area contributed by atoms with Gasteiger partial charge < -0.3 is 14.2 Å². The minimum atomic E-state index is -0.918. The summed E-state index contributed by atoms with van der Waals surface area (Å²) in [6, 6.07) is 1.62. The second-order valence-electron chi connectivity index (χ2n) is 13.6. The van der Waals surface area contributed by atoms with Crippen LogP contribution in [0, 0.1) is 32.5 Å². The van der Waals surface area contributed by atoms with Gasteiger partial charge in [0, 0.05) is 30.8 Å². The molecule has 230 valence electrons. The molecule has 5 nitrogen and oxygen atoms in total. The van der Waals surface area contributed by atoms with Crippen molar-refractivity contribution in [1.29, 1.82) is 0 Å². The van der Waals surface area contributed by atoms with E-state index in [0.29, 0.717) is 12.4 Å². The normalized spacial score (nSPS) is 18.7. The SMILES string of the molecule is CCOC(=O)[C@@H](OC(C)(C)C)c1c(C)c2c(c(C)c1-c1cc(F)c3c(c1C)CCCO3)CN(CC1CCCCC1)CC2. The van der Waals surface area contributed by atoms with Gasteiger partial charge >= 0.3 is 5.97 Å². The molecule has 0 N–H and O–H groups in total. The summed E-state index contributed by atoms with van der Waals surface area (Å²) in [4.78, 5) is 16.3. The molecule has 2 aliphatic heterocycles. The van der Waals surface area contributed by atoms with E-state index < -0.39 is 17.7 Å². The van der Waals surface area contributed by atoms with Crippen molar-refractivity contribution in [2.45, 2.75) is 118 Å². The van der Waals surface area contributed by atoms with E-state index in [-0.39, 0.29) is 12.4 Å². The van der Waals surface area contributed by atoms with Gasteiger partial charge in [0.05, 0.1) is 18.8 Å². The lowest BCUT2D eigenvalue weighted by atomic mass is 9.78. The molecule has 0 saturated heterocycles. The zero-order chi connectivity index (χ0) is 30.2. The van der Waals surface area contributed by atoms with Crippen molar-refractivity contribution < 1.29 is 23.4 Å². The molecule has 0 spiro atoms. The standard InChI is InChI=1S/C36H50FNO4/c1-8-40-35(39)34(42-36(5,6)7)32-23(3)26-16-17-38(20-25-13-10-9-11-14-25)21-29(26)24(4)31(32)28-19-30(37)33-27(22(28)2)15-12-18-41-33/h19,25,34H,8-18,20-21H2,1-7H3/t34-/m0/s1. The van der Waals surface area contributed by atoms with Crippen molar-refractivity contribution in [3.05, 3.63) is 50.8 Å². The monoisotopic (exact) mass is 579 g/mol. The zero-order valence-electron chi connectivity index (χ0n) is 26.9. The van der Waals surface area contributed by atoms with Gasteiger partial charge in [-0.05, 0) is 131 Å². The predicted octanol–water partition coefficient (Wildman–Crippen LogP) is 8.10. The highest BCUT2D eigenvalue weighted by Gasteiger charge is 2.37. The number of rotatable bonds is 7. The van der Waals surface area contributed by atoms with Gasteiger partial charge in [-0.2, -0.15) is 0 Å². The molecule has 1 aliphatic carbocycles. The number of halogens is 1. The zero-order valence-corrected chi connectivity index (χ0v) is 26.9. The van der Waals surface area contributed by atoms with Gasteiger partial charge in [0.25, 0.3) is 0 Å². The molecule has 1 atom stereocenters. The summed E-state index contributed by atoms with van der Waals surface area (Å²) in [5.41, 5.74) is 8.72. The highest BCUT2D eigenvalue weighted by atomic mass is 19.1. The van der Waals surface area contributed by atoms with E-state index in [1.807, 2.05) is 27.7 Å². The lowest BCUT2D eigenvalue weighted by Crippen LogP contribution is -2.37. The Hall–Kier alpha value is -2.44. The largest absolute Gasteiger partial charge is 0.490 e. The smallest absolute Gasteiger partial charge is 0.339 e. The minimum Gasteiger partial charge on any atom is -0.490 e. The molecule has 42 heavy (non-hydrogen) atoms. The van der Waals surface area contributed by atoms with Crippen molar-refractivity contribution in [1.82, 2.24) is 4.90 Å². The Morgan fingerprint density at radius 1 is 1.02 bits per heavy atom. The van der Waals surface area contributed by atoms with Crippen molar-refractivity contribution in [2.24, 2.45) is 5.92 Å². The number of benzene rings is 2. The van der Waals surface area contributed by atoms with E-state index in [0.717, 1.165) is 83.8 Å². The molecule has 2 aromatic carbocycles. The molecule has 2 heterocycles. The van der Waals surface area contributed by atoms with Crippen LogP contribution in [0.2, 0.25) is 0 Å². The Balaban J connectivity index is 1.71. The first-order valence-electron chi connectivity index (χ1n) is 16.2. The first-order chi connectivity index (χ1) is 20.0. The van der Waals surface area contributed by atoms with Gasteiger partial charge in [0.2, 0.25) is 0 Å². The molecule has 6 heteroatoms. The fourth-order valence-corrected chi connectivity index (χ4v) is 7.56. The Labute approximate surface area is 252 Å². The molecular formula is C36H50FNO4. The maximum absolute atomic E-state index is 15.7. The van der Waals surface area contributed by atoms with Gasteiger partial charge in [-0.25, -0.2) is 9.18 Å². The van der Waals surface area contributed by atoms with Crippen LogP contribution in [0.4, 0.5) is 4.39 Å². The summed E-state index contributed by atoms with van der Waals surface area (Å²) in [5.74, 6) is 0.411. The molecule has 2 aromatic rings. The van der Waals surface area contributed by atoms with Crippen molar-refractivity contribution in [3.63, 3.8) is 0 Å². The summed E-state index contributed by atoms with van der Waals surface area (Å²) in [6.07, 6.45) is 8.35. The third-order valence-electron chi connectivity index (χ3n) is 9.56. The van der Waals surface area contributed by atoms with Gasteiger partial charge in [0.1, 0.15) is 0 Å². The molecule has 0 radical (unpaired) electrons. The average Bonchev–Trinajstić information content (AvgIpc) is 2.96. The summed E-state index contributed by atoms with van der Waals surface area (Å²) in [7, 11) is 0. The molecule has 3 aliphatic rings. The molecule has 1 fully saturated rings. The fraction of sp³-hybridized carbons (Fsp3) is 0.639. The van der Waals surface area contributed by atoms with E-state index >= 15 is 4.39 Å². The molecule has 5 rings (SSSR count). The second-order valence-corrected chi connectivity index (χ2v) is 13.6. The highest BCUT2D eigenvalue weighted by molar-refractivity contribution is 5.86. The topological polar surface area (TPSA) is 48.0 Å². The quantitative estimate of drug-likeness (QED) is 0.310. The summed E-state index contributed by atoms with van der Waals surface area (Å²) >= 11 is 0. The van der Waals surface area contributed by atoms with Crippen molar-refractivity contribution >= 4 is 5.97 Å². The van der Waals surface area contributed by atoms with Crippen LogP contribution in [-0.4, -0.2) is 42.8 Å². The maximum Gasteiger partial charge on any atom is 0.339 e. The number of carbonyl (C=O) groups is 1. The van der Waals surface area contributed by atoms with E-state index in [2.05, 4.69) is 25.7 Å². The number of hydrogen-bond donors (Lipinski definition) is 0. The highest BCUT2D eigenvalue weighted by Crippen LogP contribution is 2.46. The number of carbonyl (C=O) groups excluding carboxylic acids is 1. The predicted molar refractivity (Wildman–Crippen MR) is 166 cm³/mol. The third-order valence-corrected chi connectivity index (χ3v) is 9.56. The Bertz CT molecular complexity index is 1320.